The molecule has 48 heavy (non-hydrogen) atoms. The molecule has 1 atom stereocenters. The number of nitrogens with two attached hydrogens (primary N) is 2. The van der Waals surface area contributed by atoms with Gasteiger partial charge >= 0.3 is 12.0 Å². The summed E-state index contributed by atoms with van der Waals surface area (Å²) in [5, 5.41) is 16.6. The Hall–Kier alpha value is -3.45. The number of carbonyl (C=O) groups excluding carboxylic acids is 1. The fourth-order valence-corrected chi connectivity index (χ4v) is 8.52. The quantitative estimate of drug-likeness (QED) is 0.133. The van der Waals surface area contributed by atoms with E-state index in [-0.39, 0.29) is 18.5 Å². The fourth-order valence-electron chi connectivity index (χ4n) is 7.24. The van der Waals surface area contributed by atoms with Gasteiger partial charge in [-0.15, -0.1) is 0 Å². The van der Waals surface area contributed by atoms with Crippen LogP contribution in [0.4, 0.5) is 16.2 Å². The molecule has 3 aliphatic rings. The largest absolute Gasteiger partial charge is 0.480 e. The molecule has 3 aromatic carbocycles. The molecule has 1 saturated heterocycles. The molecule has 7 rings (SSSR count). The fraction of sp³-hybridized carbons (Fsp3) is 0.417. The molecule has 254 valence electrons. The molecular weight excluding hydrogens is 738 g/mol. The maximum absolute atomic E-state index is 12.5. The number of nitrogens with zero attached hydrogens (tertiary/aromatic N) is 3. The highest BCUT2D eigenvalue weighted by Crippen LogP contribution is 2.38. The number of imidazole rings is 1. The second kappa shape index (κ2) is 15.0. The van der Waals surface area contributed by atoms with E-state index in [1.54, 1.807) is 0 Å². The predicted molar refractivity (Wildman–Crippen MR) is 197 cm³/mol. The van der Waals surface area contributed by atoms with Crippen molar-refractivity contribution >= 4 is 66.3 Å². The monoisotopic (exact) mass is 779 g/mol. The molecule has 1 saturated carbocycles. The Balaban J connectivity index is 0.000000189. The van der Waals surface area contributed by atoms with Crippen LogP contribution in [0.25, 0.3) is 11.0 Å². The van der Waals surface area contributed by atoms with E-state index < -0.39 is 11.5 Å². The van der Waals surface area contributed by atoms with Crippen LogP contribution < -0.4 is 22.1 Å². The van der Waals surface area contributed by atoms with Gasteiger partial charge in [0.1, 0.15) is 5.82 Å². The molecule has 2 amide bonds. The van der Waals surface area contributed by atoms with Gasteiger partial charge < -0.3 is 36.7 Å². The first-order chi connectivity index (χ1) is 23.2. The molecule has 2 fully saturated rings. The number of urea groups is 1. The van der Waals surface area contributed by atoms with Gasteiger partial charge in [-0.1, -0.05) is 49.6 Å². The van der Waals surface area contributed by atoms with Gasteiger partial charge in [0.2, 0.25) is 0 Å². The lowest BCUT2D eigenvalue weighted by Crippen LogP contribution is -2.49. The predicted octanol–water partition coefficient (Wildman–Crippen LogP) is 6.96. The maximum Gasteiger partial charge on any atom is 0.331 e. The number of aromatic nitrogens is 2. The molecule has 0 unspecified atom stereocenters. The molecular formula is C36H43Br2N7O3. The van der Waals surface area contributed by atoms with Crippen molar-refractivity contribution in [1.82, 2.24) is 19.8 Å². The van der Waals surface area contributed by atoms with Crippen molar-refractivity contribution in [2.24, 2.45) is 5.73 Å². The topological polar surface area (TPSA) is 152 Å². The Labute approximate surface area is 297 Å². The summed E-state index contributed by atoms with van der Waals surface area (Å²) >= 11 is 6.88. The zero-order valence-corrected chi connectivity index (χ0v) is 30.1. The Bertz CT molecular complexity index is 1760. The molecule has 12 heteroatoms. The number of fused-ring (bicyclic) bond motifs is 2. The van der Waals surface area contributed by atoms with E-state index in [4.69, 9.17) is 16.5 Å². The number of carbonyl (C=O) groups is 2. The highest BCUT2D eigenvalue weighted by Gasteiger charge is 2.43. The van der Waals surface area contributed by atoms with Gasteiger partial charge in [0.15, 0.2) is 5.54 Å². The SMILES string of the molecule is Nc1c(Br)cc(C[C@](N)(C(=O)O)c2nc3ccccc3n2C2CCCCC2)cc1Br.O=C1Nc2ccccc2CCN1C1CCNCC1. The molecule has 7 N–H and O–H groups in total. The summed E-state index contributed by atoms with van der Waals surface area (Å²) in [5.41, 5.74) is 16.2. The molecule has 1 aromatic heterocycles. The molecule has 2 aliphatic heterocycles. The van der Waals surface area contributed by atoms with Crippen molar-refractivity contribution in [1.29, 1.82) is 0 Å². The lowest BCUT2D eigenvalue weighted by molar-refractivity contribution is -0.144. The number of carboxylic acids is 1. The zero-order chi connectivity index (χ0) is 33.8. The number of para-hydroxylation sites is 3. The number of anilines is 2. The number of amides is 2. The smallest absolute Gasteiger partial charge is 0.331 e. The average molecular weight is 782 g/mol. The second-order valence-corrected chi connectivity index (χ2v) is 14.7. The Morgan fingerprint density at radius 1 is 0.958 bits per heavy atom. The van der Waals surface area contributed by atoms with Crippen LogP contribution in [0, 0.1) is 0 Å². The van der Waals surface area contributed by atoms with Crippen LogP contribution in [-0.2, 0) is 23.2 Å². The summed E-state index contributed by atoms with van der Waals surface area (Å²) < 4.78 is 3.48. The highest BCUT2D eigenvalue weighted by molar-refractivity contribution is 9.11. The van der Waals surface area contributed by atoms with Gasteiger partial charge in [-0.2, -0.15) is 0 Å². The highest BCUT2D eigenvalue weighted by atomic mass is 79.9. The maximum atomic E-state index is 12.5. The first kappa shape index (κ1) is 34.4. The van der Waals surface area contributed by atoms with Gasteiger partial charge in [0.25, 0.3) is 0 Å². The van der Waals surface area contributed by atoms with E-state index in [0.29, 0.717) is 26.5 Å². The molecule has 10 nitrogen and oxygen atoms in total. The van der Waals surface area contributed by atoms with Crippen LogP contribution in [0.5, 0.6) is 0 Å². The van der Waals surface area contributed by atoms with Gasteiger partial charge in [-0.3, -0.25) is 0 Å². The number of nitrogens with one attached hydrogen (secondary N) is 2. The van der Waals surface area contributed by atoms with Gasteiger partial charge in [0, 0.05) is 39.7 Å². The number of piperidine rings is 1. The number of benzene rings is 3. The zero-order valence-electron chi connectivity index (χ0n) is 26.9. The van der Waals surface area contributed by atoms with Crippen molar-refractivity contribution < 1.29 is 14.7 Å². The third-order valence-corrected chi connectivity index (χ3v) is 11.1. The number of aliphatic carboxylic acids is 1. The number of carboxylic acid groups (broad SMARTS) is 1. The minimum Gasteiger partial charge on any atom is -0.480 e. The molecule has 0 spiro atoms. The minimum atomic E-state index is -1.68. The van der Waals surface area contributed by atoms with Crippen molar-refractivity contribution in [3.8, 4) is 0 Å². The Morgan fingerprint density at radius 3 is 2.33 bits per heavy atom. The van der Waals surface area contributed by atoms with Crippen LogP contribution in [0.3, 0.4) is 0 Å². The average Bonchev–Trinajstić information content (AvgIpc) is 3.41. The number of hydrogen-bond donors (Lipinski definition) is 5. The summed E-state index contributed by atoms with van der Waals surface area (Å²) in [6, 6.07) is 20.2. The molecule has 0 radical (unpaired) electrons. The van der Waals surface area contributed by atoms with Crippen LogP contribution >= 0.6 is 31.9 Å². The number of halogens is 2. The van der Waals surface area contributed by atoms with Crippen molar-refractivity contribution in [3.63, 3.8) is 0 Å². The molecule has 4 aromatic rings. The number of rotatable bonds is 6. The van der Waals surface area contributed by atoms with E-state index >= 15 is 0 Å². The first-order valence-electron chi connectivity index (χ1n) is 16.7. The third-order valence-electron chi connectivity index (χ3n) is 9.83. The van der Waals surface area contributed by atoms with E-state index in [0.717, 1.165) is 86.9 Å². The van der Waals surface area contributed by atoms with Crippen molar-refractivity contribution in [3.05, 3.63) is 86.6 Å². The van der Waals surface area contributed by atoms with Gasteiger partial charge in [-0.25, -0.2) is 14.6 Å². The van der Waals surface area contributed by atoms with Crippen molar-refractivity contribution in [2.45, 2.75) is 75.4 Å². The molecule has 3 heterocycles. The number of nitrogen functional groups attached to an aromatic ring is 1. The second-order valence-electron chi connectivity index (χ2n) is 13.0. The lowest BCUT2D eigenvalue weighted by Gasteiger charge is -2.33. The minimum absolute atomic E-state index is 0.0619. The van der Waals surface area contributed by atoms with Crippen LogP contribution in [0.1, 0.15) is 67.9 Å². The lowest BCUT2D eigenvalue weighted by atomic mass is 9.89. The standard InChI is InChI=1S/C22H24Br2N4O2.C14H19N3O/c23-15-10-13(11-16(24)19(15)25)12-22(26,21(29)30)20-27-17-8-4-5-9-18(17)28(20)14-6-2-1-3-7-14;18-14-16-13-4-2-1-3-11(13)7-10-17(14)12-5-8-15-9-6-12/h4-5,8-11,14H,1-3,6-7,12,25-26H2,(H,29,30);1-4,12,15H,5-10H2,(H,16,18)/t22-;/m1./s1. The summed E-state index contributed by atoms with van der Waals surface area (Å²) in [7, 11) is 0. The summed E-state index contributed by atoms with van der Waals surface area (Å²) in [5.74, 6) is -0.689. The van der Waals surface area contributed by atoms with Crippen LogP contribution in [-0.4, -0.2) is 57.2 Å². The van der Waals surface area contributed by atoms with E-state index in [1.165, 1.54) is 12.0 Å². The van der Waals surface area contributed by atoms with Crippen LogP contribution in [0.15, 0.2) is 69.6 Å². The number of hydrogen-bond acceptors (Lipinski definition) is 6. The Morgan fingerprint density at radius 2 is 1.62 bits per heavy atom. The van der Waals surface area contributed by atoms with E-state index in [2.05, 4.69) is 53.1 Å². The molecule has 1 aliphatic carbocycles. The third kappa shape index (κ3) is 7.27. The van der Waals surface area contributed by atoms with E-state index in [9.17, 15) is 14.7 Å². The summed E-state index contributed by atoms with van der Waals surface area (Å²) in [6.07, 6.45) is 8.61. The van der Waals surface area contributed by atoms with Gasteiger partial charge in [-0.05, 0) is 119 Å². The molecule has 0 bridgehead atoms. The Kier molecular flexibility index (Phi) is 10.7. The van der Waals surface area contributed by atoms with Crippen LogP contribution in [0.2, 0.25) is 0 Å². The summed E-state index contributed by atoms with van der Waals surface area (Å²) in [4.78, 5) is 31.6. The van der Waals surface area contributed by atoms with Gasteiger partial charge in [0.05, 0.1) is 16.7 Å². The normalized spacial score (nSPS) is 18.6. The first-order valence-corrected chi connectivity index (χ1v) is 18.3. The van der Waals surface area contributed by atoms with Crippen molar-refractivity contribution in [2.75, 3.05) is 30.7 Å². The van der Waals surface area contributed by atoms with E-state index in [1.807, 2.05) is 59.5 Å². The summed E-state index contributed by atoms with van der Waals surface area (Å²) in [6.45, 7) is 2.86.